The van der Waals surface area contributed by atoms with Crippen LogP contribution < -0.4 is 10.6 Å². The van der Waals surface area contributed by atoms with Gasteiger partial charge in [0, 0.05) is 18.2 Å². The number of amides is 2. The quantitative estimate of drug-likeness (QED) is 0.735. The van der Waals surface area contributed by atoms with E-state index in [4.69, 9.17) is 5.11 Å². The number of carboxylic acids is 1. The summed E-state index contributed by atoms with van der Waals surface area (Å²) in [5.41, 5.74) is 1.51. The number of rotatable bonds is 6. The number of pyridine rings is 1. The molecule has 0 fully saturated rings. The Morgan fingerprint density at radius 3 is 2.74 bits per heavy atom. The maximum Gasteiger partial charge on any atom is 0.319 e. The summed E-state index contributed by atoms with van der Waals surface area (Å²) in [6.07, 6.45) is 2.88. The molecule has 0 aliphatic rings. The number of carbonyl (C=O) groups is 2. The number of aryl methyl sites for hydroxylation is 1. The van der Waals surface area contributed by atoms with Gasteiger partial charge in [0.05, 0.1) is 11.9 Å². The fraction of sp³-hybridized carbons (Fsp3) is 0.462. The van der Waals surface area contributed by atoms with Gasteiger partial charge in [0.1, 0.15) is 0 Å². The van der Waals surface area contributed by atoms with Gasteiger partial charge in [-0.1, -0.05) is 0 Å². The molecule has 6 nitrogen and oxygen atoms in total. The zero-order valence-electron chi connectivity index (χ0n) is 11.1. The molecule has 3 N–H and O–H groups in total. The first-order valence-electron chi connectivity index (χ1n) is 6.19. The smallest absolute Gasteiger partial charge is 0.319 e. The Morgan fingerprint density at radius 2 is 2.16 bits per heavy atom. The number of carbonyl (C=O) groups excluding carboxylic acids is 1. The molecule has 0 aliphatic heterocycles. The maximum absolute atomic E-state index is 11.6. The Labute approximate surface area is 112 Å². The lowest BCUT2D eigenvalue weighted by molar-refractivity contribution is -0.137. The summed E-state index contributed by atoms with van der Waals surface area (Å²) in [5.74, 6) is -0.817. The number of aliphatic carboxylic acids is 1. The highest BCUT2D eigenvalue weighted by atomic mass is 16.4. The number of urea groups is 1. The van der Waals surface area contributed by atoms with Crippen LogP contribution in [0.2, 0.25) is 0 Å². The van der Waals surface area contributed by atoms with E-state index in [2.05, 4.69) is 15.6 Å². The number of hydrogen-bond acceptors (Lipinski definition) is 3. The standard InChI is InChI=1S/C13H19N3O3/c1-9-6-7-11(8-14-9)16-13(19)15-10(2)4-3-5-12(17)18/h6-8,10H,3-5H2,1-2H3,(H,17,18)(H2,15,16,19). The highest BCUT2D eigenvalue weighted by Gasteiger charge is 2.08. The first kappa shape index (κ1) is 14.9. The summed E-state index contributed by atoms with van der Waals surface area (Å²) < 4.78 is 0. The minimum Gasteiger partial charge on any atom is -0.481 e. The lowest BCUT2D eigenvalue weighted by atomic mass is 10.1. The highest BCUT2D eigenvalue weighted by Crippen LogP contribution is 2.06. The van der Waals surface area contributed by atoms with Gasteiger partial charge in [-0.2, -0.15) is 0 Å². The maximum atomic E-state index is 11.6. The van der Waals surface area contributed by atoms with Crippen molar-refractivity contribution in [3.8, 4) is 0 Å². The second-order valence-electron chi connectivity index (χ2n) is 4.47. The van der Waals surface area contributed by atoms with Crippen LogP contribution in [0, 0.1) is 6.92 Å². The Hall–Kier alpha value is -2.11. The molecule has 19 heavy (non-hydrogen) atoms. The van der Waals surface area contributed by atoms with Crippen LogP contribution in [-0.4, -0.2) is 28.1 Å². The highest BCUT2D eigenvalue weighted by molar-refractivity contribution is 5.89. The minimum absolute atomic E-state index is 0.0715. The van der Waals surface area contributed by atoms with E-state index >= 15 is 0 Å². The van der Waals surface area contributed by atoms with Crippen LogP contribution in [0.25, 0.3) is 0 Å². The number of nitrogens with zero attached hydrogens (tertiary/aromatic N) is 1. The predicted molar refractivity (Wildman–Crippen MR) is 72.1 cm³/mol. The molecule has 104 valence electrons. The van der Waals surface area contributed by atoms with Gasteiger partial charge >= 0.3 is 12.0 Å². The summed E-state index contributed by atoms with van der Waals surface area (Å²) in [7, 11) is 0. The molecule has 0 radical (unpaired) electrons. The van der Waals surface area contributed by atoms with Crippen molar-refractivity contribution >= 4 is 17.7 Å². The van der Waals surface area contributed by atoms with Crippen molar-refractivity contribution < 1.29 is 14.7 Å². The van der Waals surface area contributed by atoms with E-state index < -0.39 is 5.97 Å². The Morgan fingerprint density at radius 1 is 1.42 bits per heavy atom. The molecule has 1 atom stereocenters. The fourth-order valence-corrected chi connectivity index (χ4v) is 1.56. The van der Waals surface area contributed by atoms with Gasteiger partial charge in [-0.3, -0.25) is 9.78 Å². The molecule has 1 aromatic heterocycles. The van der Waals surface area contributed by atoms with Crippen molar-refractivity contribution in [2.24, 2.45) is 0 Å². The largest absolute Gasteiger partial charge is 0.481 e. The van der Waals surface area contributed by atoms with Crippen molar-refractivity contribution in [1.82, 2.24) is 10.3 Å². The van der Waals surface area contributed by atoms with E-state index in [0.29, 0.717) is 18.5 Å². The van der Waals surface area contributed by atoms with Crippen molar-refractivity contribution in [2.75, 3.05) is 5.32 Å². The third-order valence-electron chi connectivity index (χ3n) is 2.57. The van der Waals surface area contributed by atoms with Crippen LogP contribution in [0.3, 0.4) is 0 Å². The summed E-state index contributed by atoms with van der Waals surface area (Å²) in [4.78, 5) is 26.1. The summed E-state index contributed by atoms with van der Waals surface area (Å²) in [6, 6.07) is 3.20. The molecular formula is C13H19N3O3. The summed E-state index contributed by atoms with van der Waals surface area (Å²) in [5, 5.41) is 13.9. The third-order valence-corrected chi connectivity index (χ3v) is 2.57. The van der Waals surface area contributed by atoms with E-state index in [-0.39, 0.29) is 18.5 Å². The Bertz CT molecular complexity index is 431. The molecule has 2 amide bonds. The average molecular weight is 265 g/mol. The van der Waals surface area contributed by atoms with E-state index in [1.54, 1.807) is 12.3 Å². The number of nitrogens with one attached hydrogen (secondary N) is 2. The van der Waals surface area contributed by atoms with Gasteiger partial charge in [-0.25, -0.2) is 4.79 Å². The van der Waals surface area contributed by atoms with Gasteiger partial charge < -0.3 is 15.7 Å². The fourth-order valence-electron chi connectivity index (χ4n) is 1.56. The van der Waals surface area contributed by atoms with Crippen LogP contribution in [-0.2, 0) is 4.79 Å². The molecule has 0 aliphatic carbocycles. The molecule has 0 spiro atoms. The zero-order valence-corrected chi connectivity index (χ0v) is 11.1. The van der Waals surface area contributed by atoms with E-state index in [1.807, 2.05) is 19.9 Å². The van der Waals surface area contributed by atoms with E-state index in [9.17, 15) is 9.59 Å². The van der Waals surface area contributed by atoms with Gasteiger partial charge in [-0.15, -0.1) is 0 Å². The zero-order chi connectivity index (χ0) is 14.3. The van der Waals surface area contributed by atoms with Crippen molar-refractivity contribution in [3.05, 3.63) is 24.0 Å². The molecule has 1 unspecified atom stereocenters. The van der Waals surface area contributed by atoms with Gasteiger partial charge in [0.25, 0.3) is 0 Å². The van der Waals surface area contributed by atoms with Crippen molar-refractivity contribution in [2.45, 2.75) is 39.2 Å². The van der Waals surface area contributed by atoms with E-state index in [0.717, 1.165) is 5.69 Å². The lowest BCUT2D eigenvalue weighted by Gasteiger charge is -2.14. The first-order valence-corrected chi connectivity index (χ1v) is 6.19. The van der Waals surface area contributed by atoms with Crippen LogP contribution in [0.5, 0.6) is 0 Å². The molecular weight excluding hydrogens is 246 g/mol. The molecule has 1 aromatic rings. The monoisotopic (exact) mass is 265 g/mol. The normalized spacial score (nSPS) is 11.7. The van der Waals surface area contributed by atoms with Gasteiger partial charge in [-0.05, 0) is 38.8 Å². The third kappa shape index (κ3) is 6.40. The van der Waals surface area contributed by atoms with Gasteiger partial charge in [0.2, 0.25) is 0 Å². The molecule has 0 saturated heterocycles. The Kier molecular flexibility index (Phi) is 5.78. The molecule has 0 bridgehead atoms. The second-order valence-corrected chi connectivity index (χ2v) is 4.47. The minimum atomic E-state index is -0.817. The SMILES string of the molecule is Cc1ccc(NC(=O)NC(C)CCCC(=O)O)cn1. The lowest BCUT2D eigenvalue weighted by Crippen LogP contribution is -2.36. The van der Waals surface area contributed by atoms with E-state index in [1.165, 1.54) is 0 Å². The number of aromatic nitrogens is 1. The van der Waals surface area contributed by atoms with Crippen LogP contribution in [0.15, 0.2) is 18.3 Å². The van der Waals surface area contributed by atoms with Crippen LogP contribution in [0.4, 0.5) is 10.5 Å². The summed E-state index contributed by atoms with van der Waals surface area (Å²) in [6.45, 7) is 3.71. The number of carboxylic acid groups (broad SMARTS) is 1. The van der Waals surface area contributed by atoms with Crippen LogP contribution in [0.1, 0.15) is 31.9 Å². The van der Waals surface area contributed by atoms with Crippen LogP contribution >= 0.6 is 0 Å². The number of anilines is 1. The molecule has 0 saturated carbocycles. The Balaban J connectivity index is 2.30. The first-order chi connectivity index (χ1) is 8.97. The van der Waals surface area contributed by atoms with Crippen molar-refractivity contribution in [1.29, 1.82) is 0 Å². The second kappa shape index (κ2) is 7.35. The summed E-state index contributed by atoms with van der Waals surface area (Å²) >= 11 is 0. The molecule has 0 aromatic carbocycles. The predicted octanol–water partition coefficient (Wildman–Crippen LogP) is 2.15. The van der Waals surface area contributed by atoms with Crippen molar-refractivity contribution in [3.63, 3.8) is 0 Å². The molecule has 6 heteroatoms. The molecule has 1 rings (SSSR count). The average Bonchev–Trinajstić information content (AvgIpc) is 2.31. The topological polar surface area (TPSA) is 91.3 Å². The molecule has 1 heterocycles. The van der Waals surface area contributed by atoms with Gasteiger partial charge in [0.15, 0.2) is 0 Å². The number of hydrogen-bond donors (Lipinski definition) is 3.